The maximum Gasteiger partial charge on any atom is 0.309 e. The van der Waals surface area contributed by atoms with Crippen LogP contribution in [0.25, 0.3) is 0 Å². The summed E-state index contributed by atoms with van der Waals surface area (Å²) in [6, 6.07) is 5.39. The van der Waals surface area contributed by atoms with Gasteiger partial charge in [0.15, 0.2) is 12.1 Å². The molecule has 0 bridgehead atoms. The lowest BCUT2D eigenvalue weighted by Gasteiger charge is -2.31. The Bertz CT molecular complexity index is 1140. The number of piperidine rings is 2. The van der Waals surface area contributed by atoms with Crippen molar-refractivity contribution in [1.82, 2.24) is 0 Å². The van der Waals surface area contributed by atoms with E-state index in [-0.39, 0.29) is 60.2 Å². The molecule has 0 aliphatic carbocycles. The van der Waals surface area contributed by atoms with Crippen LogP contribution in [0.4, 0.5) is 11.4 Å². The third-order valence-electron chi connectivity index (χ3n) is 9.14. The molecular formula is C30H40N4O8+2. The van der Waals surface area contributed by atoms with E-state index in [0.29, 0.717) is 76.5 Å². The summed E-state index contributed by atoms with van der Waals surface area (Å²) < 4.78 is 10.3. The van der Waals surface area contributed by atoms with Gasteiger partial charge in [0.25, 0.3) is 11.8 Å². The molecule has 1 aromatic rings. The van der Waals surface area contributed by atoms with Crippen LogP contribution in [0.15, 0.2) is 24.3 Å². The number of anilines is 2. The van der Waals surface area contributed by atoms with Crippen molar-refractivity contribution in [2.45, 2.75) is 64.5 Å². The summed E-state index contributed by atoms with van der Waals surface area (Å²) in [6.07, 6.45) is 2.66. The Morgan fingerprint density at radius 3 is 1.31 bits per heavy atom. The molecule has 12 nitrogen and oxygen atoms in total. The quantitative estimate of drug-likeness (QED) is 0.283. The number of nitrogens with zero attached hydrogens (tertiary/aromatic N) is 2. The van der Waals surface area contributed by atoms with E-state index < -0.39 is 12.1 Å². The smallest absolute Gasteiger partial charge is 0.309 e. The Hall–Kier alpha value is -3.64. The third-order valence-corrected chi connectivity index (χ3v) is 9.14. The van der Waals surface area contributed by atoms with Crippen molar-refractivity contribution in [3.63, 3.8) is 0 Å². The number of esters is 2. The fourth-order valence-corrected chi connectivity index (χ4v) is 6.86. The zero-order valence-corrected chi connectivity index (χ0v) is 24.3. The van der Waals surface area contributed by atoms with Crippen LogP contribution in [0.3, 0.4) is 0 Å². The van der Waals surface area contributed by atoms with E-state index in [2.05, 4.69) is 0 Å². The van der Waals surface area contributed by atoms with E-state index in [1.54, 1.807) is 38.1 Å². The third kappa shape index (κ3) is 5.82. The van der Waals surface area contributed by atoms with E-state index >= 15 is 0 Å². The Kier molecular flexibility index (Phi) is 9.02. The maximum atomic E-state index is 13.3. The Morgan fingerprint density at radius 2 is 1.00 bits per heavy atom. The van der Waals surface area contributed by atoms with Gasteiger partial charge in [-0.3, -0.25) is 28.8 Å². The molecule has 226 valence electrons. The maximum absolute atomic E-state index is 13.3. The standard InChI is InChI=1S/C30H38N4O8/c1-3-41-29(39)19-9-13-31(14-10-19)23-17-25(35)33(27(23)37)21-5-7-22(8-6-21)34-26(36)18-24(28(34)38)32-15-11-20(12-16-32)30(40)42-4-2/h5-8,19-20,23-24H,3-4,9-18H2,1-2H3/p+2/t23-,24-/m1/s1. The fourth-order valence-electron chi connectivity index (χ4n) is 6.86. The lowest BCUT2D eigenvalue weighted by Crippen LogP contribution is -3.17. The molecule has 0 unspecified atom stereocenters. The van der Waals surface area contributed by atoms with Gasteiger partial charge in [-0.05, 0) is 38.1 Å². The van der Waals surface area contributed by atoms with Gasteiger partial charge in [-0.1, -0.05) is 0 Å². The number of ether oxygens (including phenoxy) is 2. The Labute approximate surface area is 244 Å². The zero-order chi connectivity index (χ0) is 30.0. The molecular weight excluding hydrogens is 544 g/mol. The Morgan fingerprint density at radius 1 is 0.667 bits per heavy atom. The van der Waals surface area contributed by atoms with Gasteiger partial charge in [0.2, 0.25) is 11.8 Å². The van der Waals surface area contributed by atoms with Crippen LogP contribution >= 0.6 is 0 Å². The number of hydrogen-bond donors (Lipinski definition) is 2. The molecule has 2 atom stereocenters. The van der Waals surface area contributed by atoms with Crippen molar-refractivity contribution in [2.24, 2.45) is 11.8 Å². The highest BCUT2D eigenvalue weighted by Crippen LogP contribution is 2.28. The van der Waals surface area contributed by atoms with Crippen LogP contribution in [0.1, 0.15) is 52.4 Å². The van der Waals surface area contributed by atoms with Gasteiger partial charge in [-0.2, -0.15) is 0 Å². The predicted molar refractivity (Wildman–Crippen MR) is 148 cm³/mol. The van der Waals surface area contributed by atoms with Crippen molar-refractivity contribution in [3.05, 3.63) is 24.3 Å². The van der Waals surface area contributed by atoms with Crippen LogP contribution in [0, 0.1) is 11.8 Å². The molecule has 4 heterocycles. The summed E-state index contributed by atoms with van der Waals surface area (Å²) >= 11 is 0. The summed E-state index contributed by atoms with van der Waals surface area (Å²) in [5.41, 5.74) is 0.804. The van der Waals surface area contributed by atoms with Crippen molar-refractivity contribution in [2.75, 3.05) is 49.2 Å². The lowest BCUT2D eigenvalue weighted by molar-refractivity contribution is -0.920. The van der Waals surface area contributed by atoms with Crippen molar-refractivity contribution in [3.8, 4) is 0 Å². The van der Waals surface area contributed by atoms with E-state index in [1.165, 1.54) is 9.80 Å². The number of rotatable bonds is 8. The predicted octanol–water partition coefficient (Wildman–Crippen LogP) is -1.33. The second-order valence-corrected chi connectivity index (χ2v) is 11.5. The highest BCUT2D eigenvalue weighted by Gasteiger charge is 2.49. The van der Waals surface area contributed by atoms with E-state index in [1.807, 2.05) is 0 Å². The molecule has 0 aromatic heterocycles. The largest absolute Gasteiger partial charge is 0.466 e. The molecule has 4 aliphatic heterocycles. The zero-order valence-electron chi connectivity index (χ0n) is 24.3. The molecule has 0 saturated carbocycles. The highest BCUT2D eigenvalue weighted by molar-refractivity contribution is 6.23. The van der Waals surface area contributed by atoms with Gasteiger partial charge in [-0.15, -0.1) is 0 Å². The molecule has 4 aliphatic rings. The molecule has 1 aromatic carbocycles. The molecule has 2 N–H and O–H groups in total. The van der Waals surface area contributed by atoms with Crippen LogP contribution in [0.5, 0.6) is 0 Å². The fraction of sp³-hybridized carbons (Fsp3) is 0.600. The summed E-state index contributed by atoms with van der Waals surface area (Å²) in [7, 11) is 0. The van der Waals surface area contributed by atoms with Crippen LogP contribution < -0.4 is 19.6 Å². The number of likely N-dealkylation sites (tertiary alicyclic amines) is 2. The average Bonchev–Trinajstić information content (AvgIpc) is 3.46. The second-order valence-electron chi connectivity index (χ2n) is 11.5. The number of quaternary nitrogens is 2. The first-order valence-corrected chi connectivity index (χ1v) is 15.1. The van der Waals surface area contributed by atoms with Gasteiger partial charge in [0.05, 0.1) is 75.4 Å². The summed E-state index contributed by atoms with van der Waals surface area (Å²) in [5, 5.41) is 0. The van der Waals surface area contributed by atoms with Gasteiger partial charge in [0.1, 0.15) is 0 Å². The topological polar surface area (TPSA) is 136 Å². The Balaban J connectivity index is 1.19. The van der Waals surface area contributed by atoms with Crippen molar-refractivity contribution in [1.29, 1.82) is 0 Å². The lowest BCUT2D eigenvalue weighted by atomic mass is 9.95. The second kappa shape index (κ2) is 12.7. The number of amides is 4. The van der Waals surface area contributed by atoms with Gasteiger partial charge in [0, 0.05) is 25.7 Å². The van der Waals surface area contributed by atoms with Crippen molar-refractivity contribution < 1.29 is 48.0 Å². The van der Waals surface area contributed by atoms with Crippen molar-refractivity contribution >= 4 is 46.9 Å². The number of carbonyl (C=O) groups excluding carboxylic acids is 6. The molecule has 4 fully saturated rings. The van der Waals surface area contributed by atoms with E-state index in [0.717, 1.165) is 9.80 Å². The first kappa shape index (κ1) is 29.8. The van der Waals surface area contributed by atoms with E-state index in [4.69, 9.17) is 9.47 Å². The molecule has 0 radical (unpaired) electrons. The number of imide groups is 2. The molecule has 42 heavy (non-hydrogen) atoms. The average molecular weight is 585 g/mol. The normalized spacial score (nSPS) is 30.1. The first-order chi connectivity index (χ1) is 20.2. The number of carbonyl (C=O) groups is 6. The minimum absolute atomic E-state index is 0.0976. The minimum Gasteiger partial charge on any atom is -0.466 e. The van der Waals surface area contributed by atoms with Crippen LogP contribution in [0.2, 0.25) is 0 Å². The molecule has 5 rings (SSSR count). The monoisotopic (exact) mass is 584 g/mol. The summed E-state index contributed by atoms with van der Waals surface area (Å²) in [6.45, 7) is 6.70. The molecule has 0 spiro atoms. The van der Waals surface area contributed by atoms with Gasteiger partial charge < -0.3 is 19.3 Å². The summed E-state index contributed by atoms with van der Waals surface area (Å²) in [4.78, 5) is 81.1. The first-order valence-electron chi connectivity index (χ1n) is 15.1. The van der Waals surface area contributed by atoms with Crippen LogP contribution in [-0.4, -0.2) is 87.0 Å². The molecule has 12 heteroatoms. The van der Waals surface area contributed by atoms with Gasteiger partial charge in [-0.25, -0.2) is 9.80 Å². The number of hydrogen-bond acceptors (Lipinski definition) is 8. The number of benzene rings is 1. The molecule has 4 saturated heterocycles. The van der Waals surface area contributed by atoms with Gasteiger partial charge >= 0.3 is 11.9 Å². The SMILES string of the molecule is CCOC(=O)C1CC[NH+]([C@@H]2CC(=O)N(c3ccc(N4C(=O)C[C@@H]([NH+]5CCC(C(=O)OCC)CC5)C4=O)cc3)C2=O)CC1. The highest BCUT2D eigenvalue weighted by atomic mass is 16.5. The minimum atomic E-state index is -0.501. The summed E-state index contributed by atoms with van der Waals surface area (Å²) in [5.74, 6) is -1.87. The van der Waals surface area contributed by atoms with Crippen LogP contribution in [-0.2, 0) is 38.2 Å². The number of nitrogens with one attached hydrogen (secondary N) is 2. The molecule has 4 amide bonds. The van der Waals surface area contributed by atoms with E-state index in [9.17, 15) is 28.8 Å².